The van der Waals surface area contributed by atoms with Gasteiger partial charge in [-0.3, -0.25) is 9.59 Å². The number of rotatable bonds is 12. The van der Waals surface area contributed by atoms with E-state index in [1.165, 1.54) is 17.8 Å². The third kappa shape index (κ3) is 8.26. The van der Waals surface area contributed by atoms with E-state index in [0.717, 1.165) is 17.5 Å². The largest absolute Gasteiger partial charge is 0.354 e. The van der Waals surface area contributed by atoms with Crippen LogP contribution in [0.3, 0.4) is 0 Å². The number of thioether (sulfide) groups is 1. The molecule has 0 spiro atoms. The highest BCUT2D eigenvalue weighted by Crippen LogP contribution is 2.25. The van der Waals surface area contributed by atoms with Gasteiger partial charge >= 0.3 is 0 Å². The summed E-state index contributed by atoms with van der Waals surface area (Å²) in [6.45, 7) is 2.72. The van der Waals surface area contributed by atoms with Crippen molar-refractivity contribution in [2.45, 2.75) is 38.1 Å². The van der Waals surface area contributed by atoms with Crippen LogP contribution in [0.2, 0.25) is 10.0 Å². The standard InChI is InChI=1S/C28H29Cl2FN2O2S/c1-2-14-32-28(35)26(16-20-8-4-3-5-9-20)33(17-21-10-6-11-22(29)15-21)27(34)19-36-18-23-24(30)12-7-13-25(23)31/h3-13,15,26H,2,14,16-19H2,1H3,(H,32,35)/t26-/m0/s1. The molecule has 0 heterocycles. The van der Waals surface area contributed by atoms with Crippen molar-refractivity contribution in [3.05, 3.63) is 105 Å². The SMILES string of the molecule is CCCNC(=O)[C@H](Cc1ccccc1)N(Cc1cccc(Cl)c1)C(=O)CSCc1c(F)cccc1Cl. The monoisotopic (exact) mass is 546 g/mol. The number of halogens is 3. The summed E-state index contributed by atoms with van der Waals surface area (Å²) in [6.07, 6.45) is 1.15. The summed E-state index contributed by atoms with van der Waals surface area (Å²) in [7, 11) is 0. The van der Waals surface area contributed by atoms with Crippen molar-refractivity contribution in [1.82, 2.24) is 10.2 Å². The van der Waals surface area contributed by atoms with Crippen LogP contribution in [0.5, 0.6) is 0 Å². The van der Waals surface area contributed by atoms with Gasteiger partial charge in [-0.25, -0.2) is 4.39 Å². The molecule has 0 bridgehead atoms. The number of amides is 2. The lowest BCUT2D eigenvalue weighted by atomic mass is 10.0. The first kappa shape index (κ1) is 28.0. The molecule has 0 aliphatic carbocycles. The first-order valence-electron chi connectivity index (χ1n) is 11.7. The van der Waals surface area contributed by atoms with Crippen LogP contribution in [-0.2, 0) is 28.3 Å². The van der Waals surface area contributed by atoms with Crippen LogP contribution in [-0.4, -0.2) is 35.1 Å². The molecule has 3 rings (SSSR count). The Balaban J connectivity index is 1.85. The minimum absolute atomic E-state index is 0.0670. The van der Waals surface area contributed by atoms with Crippen LogP contribution in [0.4, 0.5) is 4.39 Å². The lowest BCUT2D eigenvalue weighted by Gasteiger charge is -2.31. The number of nitrogens with zero attached hydrogens (tertiary/aromatic N) is 1. The van der Waals surface area contributed by atoms with Gasteiger partial charge in [-0.1, -0.05) is 78.7 Å². The molecule has 0 radical (unpaired) electrons. The van der Waals surface area contributed by atoms with Gasteiger partial charge < -0.3 is 10.2 Å². The second-order valence-corrected chi connectivity index (χ2v) is 10.2. The second-order valence-electron chi connectivity index (χ2n) is 8.34. The van der Waals surface area contributed by atoms with Crippen LogP contribution in [0.25, 0.3) is 0 Å². The smallest absolute Gasteiger partial charge is 0.243 e. The maximum absolute atomic E-state index is 14.2. The lowest BCUT2D eigenvalue weighted by Crippen LogP contribution is -2.51. The van der Waals surface area contributed by atoms with E-state index in [-0.39, 0.29) is 29.9 Å². The van der Waals surface area contributed by atoms with Gasteiger partial charge in [0, 0.05) is 40.9 Å². The highest BCUT2D eigenvalue weighted by atomic mass is 35.5. The van der Waals surface area contributed by atoms with Crippen molar-refractivity contribution in [1.29, 1.82) is 0 Å². The van der Waals surface area contributed by atoms with E-state index in [2.05, 4.69) is 5.32 Å². The van der Waals surface area contributed by atoms with Gasteiger partial charge in [0.25, 0.3) is 0 Å². The molecule has 4 nitrogen and oxygen atoms in total. The molecule has 0 aliphatic rings. The molecular weight excluding hydrogens is 518 g/mol. The fraction of sp³-hybridized carbons (Fsp3) is 0.286. The molecule has 0 fully saturated rings. The number of hydrogen-bond donors (Lipinski definition) is 1. The molecule has 3 aromatic carbocycles. The molecule has 0 aromatic heterocycles. The minimum atomic E-state index is -0.719. The first-order chi connectivity index (χ1) is 17.4. The van der Waals surface area contributed by atoms with Gasteiger partial charge in [-0.2, -0.15) is 0 Å². The number of carbonyl (C=O) groups is 2. The molecule has 1 atom stereocenters. The first-order valence-corrected chi connectivity index (χ1v) is 13.7. The molecular formula is C28H29Cl2FN2O2S. The summed E-state index contributed by atoms with van der Waals surface area (Å²) in [5.41, 5.74) is 2.13. The van der Waals surface area contributed by atoms with Crippen LogP contribution >= 0.6 is 35.0 Å². The molecule has 0 aliphatic heterocycles. The van der Waals surface area contributed by atoms with E-state index >= 15 is 0 Å². The van der Waals surface area contributed by atoms with Gasteiger partial charge in [-0.05, 0) is 41.8 Å². The Bertz CT molecular complexity index is 1140. The summed E-state index contributed by atoms with van der Waals surface area (Å²) in [6, 6.07) is 20.7. The van der Waals surface area contributed by atoms with Crippen molar-refractivity contribution >= 4 is 46.8 Å². The topological polar surface area (TPSA) is 49.4 Å². The number of carbonyl (C=O) groups excluding carboxylic acids is 2. The Kier molecular flexibility index (Phi) is 11.1. The van der Waals surface area contributed by atoms with Crippen LogP contribution in [0, 0.1) is 5.82 Å². The van der Waals surface area contributed by atoms with Gasteiger partial charge in [0.05, 0.1) is 5.75 Å². The van der Waals surface area contributed by atoms with E-state index in [1.807, 2.05) is 49.4 Å². The predicted molar refractivity (Wildman–Crippen MR) is 147 cm³/mol. The van der Waals surface area contributed by atoms with Crippen molar-refractivity contribution in [2.75, 3.05) is 12.3 Å². The Labute approximate surface area is 226 Å². The Morgan fingerprint density at radius 1 is 1.00 bits per heavy atom. The van der Waals surface area contributed by atoms with E-state index in [4.69, 9.17) is 23.2 Å². The summed E-state index contributed by atoms with van der Waals surface area (Å²) in [4.78, 5) is 28.5. The summed E-state index contributed by atoms with van der Waals surface area (Å²) in [5, 5.41) is 3.83. The maximum atomic E-state index is 14.2. The number of hydrogen-bond acceptors (Lipinski definition) is 3. The minimum Gasteiger partial charge on any atom is -0.354 e. The quantitative estimate of drug-likeness (QED) is 0.281. The molecule has 0 unspecified atom stereocenters. The van der Waals surface area contributed by atoms with Crippen LogP contribution in [0.15, 0.2) is 72.8 Å². The molecule has 1 N–H and O–H groups in total. The summed E-state index contributed by atoms with van der Waals surface area (Å²) >= 11 is 13.6. The Morgan fingerprint density at radius 3 is 2.42 bits per heavy atom. The molecule has 2 amide bonds. The van der Waals surface area contributed by atoms with E-state index < -0.39 is 11.9 Å². The van der Waals surface area contributed by atoms with E-state index in [0.29, 0.717) is 28.6 Å². The zero-order valence-electron chi connectivity index (χ0n) is 20.1. The summed E-state index contributed by atoms with van der Waals surface area (Å²) in [5.74, 6) is -0.525. The molecule has 0 saturated carbocycles. The fourth-order valence-electron chi connectivity index (χ4n) is 3.75. The molecule has 0 saturated heterocycles. The van der Waals surface area contributed by atoms with Gasteiger partial charge in [-0.15, -0.1) is 11.8 Å². The predicted octanol–water partition coefficient (Wildman–Crippen LogP) is 6.53. The number of benzene rings is 3. The highest BCUT2D eigenvalue weighted by Gasteiger charge is 2.30. The van der Waals surface area contributed by atoms with Crippen molar-refractivity contribution in [3.63, 3.8) is 0 Å². The third-order valence-corrected chi connectivity index (χ3v) is 7.13. The van der Waals surface area contributed by atoms with Crippen molar-refractivity contribution < 1.29 is 14.0 Å². The van der Waals surface area contributed by atoms with Crippen LogP contribution < -0.4 is 5.32 Å². The van der Waals surface area contributed by atoms with E-state index in [1.54, 1.807) is 29.2 Å². The zero-order chi connectivity index (χ0) is 25.9. The van der Waals surface area contributed by atoms with Gasteiger partial charge in [0.1, 0.15) is 11.9 Å². The molecule has 190 valence electrons. The van der Waals surface area contributed by atoms with Crippen LogP contribution in [0.1, 0.15) is 30.0 Å². The Hall–Kier alpha value is -2.54. The normalized spacial score (nSPS) is 11.7. The van der Waals surface area contributed by atoms with Crippen molar-refractivity contribution in [2.24, 2.45) is 0 Å². The average molecular weight is 548 g/mol. The second kappa shape index (κ2) is 14.3. The Morgan fingerprint density at radius 2 is 1.72 bits per heavy atom. The molecule has 8 heteroatoms. The zero-order valence-corrected chi connectivity index (χ0v) is 22.4. The summed E-state index contributed by atoms with van der Waals surface area (Å²) < 4.78 is 14.2. The molecule has 36 heavy (non-hydrogen) atoms. The molecule has 3 aromatic rings. The van der Waals surface area contributed by atoms with Crippen molar-refractivity contribution in [3.8, 4) is 0 Å². The van der Waals surface area contributed by atoms with E-state index in [9.17, 15) is 14.0 Å². The highest BCUT2D eigenvalue weighted by molar-refractivity contribution is 7.99. The third-order valence-electron chi connectivity index (χ3n) is 5.60. The maximum Gasteiger partial charge on any atom is 0.243 e. The fourth-order valence-corrected chi connectivity index (χ4v) is 5.21. The van der Waals surface area contributed by atoms with Gasteiger partial charge in [0.15, 0.2) is 0 Å². The average Bonchev–Trinajstić information content (AvgIpc) is 2.87. The van der Waals surface area contributed by atoms with Gasteiger partial charge in [0.2, 0.25) is 11.8 Å². The lowest BCUT2D eigenvalue weighted by molar-refractivity contribution is -0.139. The number of nitrogens with one attached hydrogen (secondary N) is 1.